The minimum absolute atomic E-state index is 0.326. The van der Waals surface area contributed by atoms with E-state index in [1.165, 1.54) is 0 Å². The number of rotatable bonds is 3. The van der Waals surface area contributed by atoms with Gasteiger partial charge in [0.15, 0.2) is 0 Å². The van der Waals surface area contributed by atoms with Crippen LogP contribution in [0.4, 0.5) is 0 Å². The topological polar surface area (TPSA) is 26.7 Å². The van der Waals surface area contributed by atoms with Crippen molar-refractivity contribution in [2.45, 2.75) is 33.2 Å². The Morgan fingerprint density at radius 2 is 1.94 bits per heavy atom. The Kier molecular flexibility index (Phi) is 4.77. The van der Waals surface area contributed by atoms with Gasteiger partial charge in [-0.25, -0.2) is 0 Å². The molecule has 1 heterocycles. The Balaban J connectivity index is 2.55. The van der Waals surface area contributed by atoms with E-state index in [9.17, 15) is 5.11 Å². The van der Waals surface area contributed by atoms with E-state index in [0.717, 1.165) is 26.1 Å². The second-order valence-electron chi connectivity index (χ2n) is 6.56. The van der Waals surface area contributed by atoms with Crippen LogP contribution in [-0.4, -0.2) is 61.3 Å². The van der Waals surface area contributed by atoms with Crippen LogP contribution in [0, 0.1) is 11.3 Å². The van der Waals surface area contributed by atoms with Gasteiger partial charge in [-0.15, -0.1) is 0 Å². The smallest absolute Gasteiger partial charge is 0.0475 e. The van der Waals surface area contributed by atoms with E-state index in [1.807, 2.05) is 0 Å². The third-order valence-corrected chi connectivity index (χ3v) is 3.40. The molecule has 1 aliphatic rings. The fourth-order valence-corrected chi connectivity index (χ4v) is 2.66. The second kappa shape index (κ2) is 5.48. The van der Waals surface area contributed by atoms with Gasteiger partial charge in [-0.05, 0) is 38.4 Å². The first-order valence-corrected chi connectivity index (χ1v) is 6.33. The Hall–Kier alpha value is -0.120. The summed E-state index contributed by atoms with van der Waals surface area (Å²) in [7, 11) is 4.24. The molecule has 1 N–H and O–H groups in total. The van der Waals surface area contributed by atoms with E-state index in [2.05, 4.69) is 44.7 Å². The van der Waals surface area contributed by atoms with Crippen LogP contribution >= 0.6 is 0 Å². The van der Waals surface area contributed by atoms with Crippen molar-refractivity contribution in [3.05, 3.63) is 0 Å². The van der Waals surface area contributed by atoms with Crippen LogP contribution in [0.15, 0.2) is 0 Å². The van der Waals surface area contributed by atoms with Gasteiger partial charge in [0, 0.05) is 25.7 Å². The molecule has 1 rings (SSSR count). The molecule has 0 spiro atoms. The SMILES string of the molecule is CN(C)[C@@H]1CN(CC(C)(C)C)CC[C@@H]1CO. The van der Waals surface area contributed by atoms with E-state index in [-0.39, 0.29) is 0 Å². The van der Waals surface area contributed by atoms with Gasteiger partial charge in [0.25, 0.3) is 0 Å². The summed E-state index contributed by atoms with van der Waals surface area (Å²) < 4.78 is 0. The van der Waals surface area contributed by atoms with Crippen molar-refractivity contribution in [2.24, 2.45) is 11.3 Å². The average Bonchev–Trinajstić information content (AvgIpc) is 2.15. The first kappa shape index (κ1) is 13.9. The number of hydrogen-bond donors (Lipinski definition) is 1. The summed E-state index contributed by atoms with van der Waals surface area (Å²) in [4.78, 5) is 4.80. The van der Waals surface area contributed by atoms with Crippen LogP contribution in [0.1, 0.15) is 27.2 Å². The number of piperidine rings is 1. The lowest BCUT2D eigenvalue weighted by molar-refractivity contribution is 0.0357. The molecule has 0 aromatic rings. The Labute approximate surface area is 100 Å². The van der Waals surface area contributed by atoms with Crippen LogP contribution in [0.3, 0.4) is 0 Å². The highest BCUT2D eigenvalue weighted by Gasteiger charge is 2.31. The molecule has 0 saturated carbocycles. The first-order valence-electron chi connectivity index (χ1n) is 6.33. The third kappa shape index (κ3) is 4.04. The molecule has 1 fully saturated rings. The van der Waals surface area contributed by atoms with Crippen molar-refractivity contribution in [1.82, 2.24) is 9.80 Å². The molecule has 0 aromatic carbocycles. The van der Waals surface area contributed by atoms with Crippen molar-refractivity contribution in [3.63, 3.8) is 0 Å². The van der Waals surface area contributed by atoms with Crippen molar-refractivity contribution < 1.29 is 5.11 Å². The van der Waals surface area contributed by atoms with Crippen LogP contribution in [0.2, 0.25) is 0 Å². The van der Waals surface area contributed by atoms with E-state index in [0.29, 0.717) is 24.0 Å². The van der Waals surface area contributed by atoms with Crippen molar-refractivity contribution >= 4 is 0 Å². The summed E-state index contributed by atoms with van der Waals surface area (Å²) in [5.74, 6) is 0.450. The van der Waals surface area contributed by atoms with Crippen LogP contribution in [-0.2, 0) is 0 Å². The summed E-state index contributed by atoms with van der Waals surface area (Å²) in [5, 5.41) is 9.38. The third-order valence-electron chi connectivity index (χ3n) is 3.40. The molecule has 3 heteroatoms. The standard InChI is InChI=1S/C13H28N2O/c1-13(2,3)10-15-7-6-11(9-16)12(8-15)14(4)5/h11-12,16H,6-10H2,1-5H3/t11-,12-/m1/s1. The predicted octanol–water partition coefficient (Wildman–Crippen LogP) is 1.28. The van der Waals surface area contributed by atoms with Gasteiger partial charge in [-0.1, -0.05) is 20.8 Å². The summed E-state index contributed by atoms with van der Waals surface area (Å²) in [5.41, 5.74) is 0.364. The first-order chi connectivity index (χ1) is 7.33. The minimum atomic E-state index is 0.326. The Bertz CT molecular complexity index is 210. The van der Waals surface area contributed by atoms with E-state index in [1.54, 1.807) is 0 Å². The molecule has 0 amide bonds. The van der Waals surface area contributed by atoms with E-state index < -0.39 is 0 Å². The maximum absolute atomic E-state index is 9.38. The fourth-order valence-electron chi connectivity index (χ4n) is 2.66. The van der Waals surface area contributed by atoms with Gasteiger partial charge in [-0.3, -0.25) is 0 Å². The largest absolute Gasteiger partial charge is 0.396 e. The van der Waals surface area contributed by atoms with Gasteiger partial charge < -0.3 is 14.9 Å². The lowest BCUT2D eigenvalue weighted by Gasteiger charge is -2.43. The molecule has 16 heavy (non-hydrogen) atoms. The molecule has 0 radical (unpaired) electrons. The molecule has 0 bridgehead atoms. The van der Waals surface area contributed by atoms with E-state index in [4.69, 9.17) is 0 Å². The number of nitrogens with zero attached hydrogens (tertiary/aromatic N) is 2. The molecule has 0 unspecified atom stereocenters. The van der Waals surface area contributed by atoms with Gasteiger partial charge in [0.05, 0.1) is 0 Å². The molecule has 2 atom stereocenters. The lowest BCUT2D eigenvalue weighted by Crippen LogP contribution is -2.52. The zero-order chi connectivity index (χ0) is 12.3. The van der Waals surface area contributed by atoms with Gasteiger partial charge in [0.1, 0.15) is 0 Å². The Morgan fingerprint density at radius 3 is 2.38 bits per heavy atom. The normalized spacial score (nSPS) is 28.7. The highest BCUT2D eigenvalue weighted by Crippen LogP contribution is 2.24. The summed E-state index contributed by atoms with van der Waals surface area (Å²) in [6, 6.07) is 0.501. The van der Waals surface area contributed by atoms with E-state index >= 15 is 0 Å². The van der Waals surface area contributed by atoms with Gasteiger partial charge >= 0.3 is 0 Å². The summed E-state index contributed by atoms with van der Waals surface area (Å²) >= 11 is 0. The van der Waals surface area contributed by atoms with Gasteiger partial charge in [-0.2, -0.15) is 0 Å². The highest BCUT2D eigenvalue weighted by molar-refractivity contribution is 4.86. The number of aliphatic hydroxyl groups is 1. The number of likely N-dealkylation sites (tertiary alicyclic amines) is 1. The minimum Gasteiger partial charge on any atom is -0.396 e. The molecule has 96 valence electrons. The van der Waals surface area contributed by atoms with Crippen LogP contribution < -0.4 is 0 Å². The second-order valence-corrected chi connectivity index (χ2v) is 6.56. The van der Waals surface area contributed by atoms with Crippen LogP contribution in [0.25, 0.3) is 0 Å². The molecule has 3 nitrogen and oxygen atoms in total. The molecular weight excluding hydrogens is 200 g/mol. The van der Waals surface area contributed by atoms with Crippen molar-refractivity contribution in [1.29, 1.82) is 0 Å². The highest BCUT2D eigenvalue weighted by atomic mass is 16.3. The molecule has 1 saturated heterocycles. The zero-order valence-electron chi connectivity index (χ0n) is 11.5. The zero-order valence-corrected chi connectivity index (χ0v) is 11.5. The molecule has 0 aliphatic carbocycles. The average molecular weight is 228 g/mol. The fraction of sp³-hybridized carbons (Fsp3) is 1.00. The molecule has 1 aliphatic heterocycles. The summed E-state index contributed by atoms with van der Waals surface area (Å²) in [6.45, 7) is 10.6. The lowest BCUT2D eigenvalue weighted by atomic mass is 9.89. The number of hydrogen-bond acceptors (Lipinski definition) is 3. The molecule has 0 aromatic heterocycles. The maximum atomic E-state index is 9.38. The predicted molar refractivity (Wildman–Crippen MR) is 68.6 cm³/mol. The van der Waals surface area contributed by atoms with Crippen LogP contribution in [0.5, 0.6) is 0 Å². The summed E-state index contributed by atoms with van der Waals surface area (Å²) in [6.07, 6.45) is 1.12. The van der Waals surface area contributed by atoms with Crippen molar-refractivity contribution in [3.8, 4) is 0 Å². The monoisotopic (exact) mass is 228 g/mol. The van der Waals surface area contributed by atoms with Crippen molar-refractivity contribution in [2.75, 3.05) is 40.3 Å². The number of aliphatic hydroxyl groups excluding tert-OH is 1. The Morgan fingerprint density at radius 1 is 1.31 bits per heavy atom. The maximum Gasteiger partial charge on any atom is 0.0475 e. The molecular formula is C13H28N2O. The number of likely N-dealkylation sites (N-methyl/N-ethyl adjacent to an activating group) is 1. The quantitative estimate of drug-likeness (QED) is 0.788. The van der Waals surface area contributed by atoms with Gasteiger partial charge in [0.2, 0.25) is 0 Å².